The number of anilines is 2. The first-order chi connectivity index (χ1) is 14.0. The highest BCUT2D eigenvalue weighted by Gasteiger charge is 2.21. The Morgan fingerprint density at radius 1 is 0.966 bits per heavy atom. The Labute approximate surface area is 171 Å². The van der Waals surface area contributed by atoms with Crippen molar-refractivity contribution in [3.63, 3.8) is 0 Å². The number of nitrogens with zero attached hydrogens (tertiary/aromatic N) is 1. The Bertz CT molecular complexity index is 1040. The molecular weight excluding hydrogens is 364 g/mol. The highest BCUT2D eigenvalue weighted by Crippen LogP contribution is 2.33. The summed E-state index contributed by atoms with van der Waals surface area (Å²) in [5.41, 5.74) is 3.75. The summed E-state index contributed by atoms with van der Waals surface area (Å²) < 4.78 is 11.8. The van der Waals surface area contributed by atoms with Crippen LogP contribution in [0.5, 0.6) is 0 Å². The molecular formula is C24H28N2O3. The maximum absolute atomic E-state index is 13.2. The molecule has 5 heteroatoms. The van der Waals surface area contributed by atoms with Gasteiger partial charge in [-0.2, -0.15) is 0 Å². The number of fused-ring (bicyclic) bond motifs is 1. The molecule has 2 aromatic carbocycles. The third-order valence-corrected chi connectivity index (χ3v) is 5.50. The van der Waals surface area contributed by atoms with E-state index >= 15 is 0 Å². The van der Waals surface area contributed by atoms with E-state index in [1.165, 1.54) is 0 Å². The molecule has 152 valence electrons. The quantitative estimate of drug-likeness (QED) is 0.667. The Morgan fingerprint density at radius 2 is 1.66 bits per heavy atom. The fraction of sp³-hybridized carbons (Fsp3) is 0.375. The van der Waals surface area contributed by atoms with Crippen molar-refractivity contribution in [2.75, 3.05) is 36.5 Å². The van der Waals surface area contributed by atoms with E-state index in [1.54, 1.807) is 6.07 Å². The minimum Gasteiger partial charge on any atom is -0.440 e. The normalized spacial score (nSPS) is 15.7. The number of hydrogen-bond acceptors (Lipinski definition) is 5. The minimum absolute atomic E-state index is 0.01000. The van der Waals surface area contributed by atoms with Crippen molar-refractivity contribution >= 4 is 22.5 Å². The van der Waals surface area contributed by atoms with Gasteiger partial charge in [0.05, 0.1) is 24.6 Å². The highest BCUT2D eigenvalue weighted by molar-refractivity contribution is 5.85. The highest BCUT2D eigenvalue weighted by atomic mass is 16.5. The fourth-order valence-electron chi connectivity index (χ4n) is 3.92. The van der Waals surface area contributed by atoms with Crippen molar-refractivity contribution in [3.8, 4) is 0 Å². The molecule has 1 atom stereocenters. The van der Waals surface area contributed by atoms with E-state index in [0.717, 1.165) is 29.9 Å². The number of nitrogens with one attached hydrogen (secondary N) is 1. The summed E-state index contributed by atoms with van der Waals surface area (Å²) in [5.74, 6) is 0.862. The molecule has 1 aliphatic rings. The van der Waals surface area contributed by atoms with Crippen molar-refractivity contribution in [2.24, 2.45) is 0 Å². The molecule has 0 bridgehead atoms. The second kappa shape index (κ2) is 8.29. The van der Waals surface area contributed by atoms with Gasteiger partial charge in [-0.25, -0.2) is 0 Å². The van der Waals surface area contributed by atoms with Gasteiger partial charge in [-0.3, -0.25) is 4.79 Å². The van der Waals surface area contributed by atoms with E-state index in [2.05, 4.69) is 43.1 Å². The van der Waals surface area contributed by atoms with Crippen LogP contribution in [-0.4, -0.2) is 26.3 Å². The molecule has 3 aromatic rings. The molecule has 0 radical (unpaired) electrons. The zero-order chi connectivity index (χ0) is 20.4. The van der Waals surface area contributed by atoms with E-state index in [1.807, 2.05) is 30.3 Å². The van der Waals surface area contributed by atoms with Gasteiger partial charge in [0.15, 0.2) is 11.3 Å². The summed E-state index contributed by atoms with van der Waals surface area (Å²) in [6.07, 6.45) is 0. The first-order valence-corrected chi connectivity index (χ1v) is 10.3. The van der Waals surface area contributed by atoms with Gasteiger partial charge in [0, 0.05) is 30.4 Å². The first-order valence-electron chi connectivity index (χ1n) is 10.3. The largest absolute Gasteiger partial charge is 0.440 e. The molecule has 4 rings (SSSR count). The van der Waals surface area contributed by atoms with E-state index in [9.17, 15) is 4.79 Å². The van der Waals surface area contributed by atoms with Crippen LogP contribution < -0.4 is 15.6 Å². The maximum Gasteiger partial charge on any atom is 0.200 e. The van der Waals surface area contributed by atoms with Gasteiger partial charge in [-0.05, 0) is 30.5 Å². The molecule has 1 saturated heterocycles. The molecule has 1 fully saturated rings. The topological polar surface area (TPSA) is 54.7 Å². The third kappa shape index (κ3) is 4.01. The van der Waals surface area contributed by atoms with E-state index in [4.69, 9.17) is 9.15 Å². The smallest absolute Gasteiger partial charge is 0.200 e. The van der Waals surface area contributed by atoms with Gasteiger partial charge in [0.25, 0.3) is 0 Å². The number of ether oxygens (including phenoxy) is 1. The molecule has 1 N–H and O–H groups in total. The van der Waals surface area contributed by atoms with Crippen LogP contribution in [0.25, 0.3) is 11.0 Å². The summed E-state index contributed by atoms with van der Waals surface area (Å²) in [7, 11) is 0. The lowest BCUT2D eigenvalue weighted by Crippen LogP contribution is -2.36. The van der Waals surface area contributed by atoms with Crippen molar-refractivity contribution in [2.45, 2.75) is 32.7 Å². The monoisotopic (exact) mass is 392 g/mol. The minimum atomic E-state index is -0.01000. The third-order valence-electron chi connectivity index (χ3n) is 5.50. The van der Waals surface area contributed by atoms with Crippen molar-refractivity contribution in [1.82, 2.24) is 0 Å². The molecule has 0 aliphatic carbocycles. The molecule has 0 spiro atoms. The number of hydrogen-bond donors (Lipinski definition) is 1. The van der Waals surface area contributed by atoms with Crippen molar-refractivity contribution in [3.05, 3.63) is 69.9 Å². The molecule has 1 unspecified atom stereocenters. The van der Waals surface area contributed by atoms with Crippen LogP contribution in [0.4, 0.5) is 11.6 Å². The maximum atomic E-state index is 13.2. The number of rotatable bonds is 5. The van der Waals surface area contributed by atoms with Crippen LogP contribution in [0.15, 0.2) is 57.7 Å². The number of benzene rings is 2. The Balaban J connectivity index is 1.83. The molecule has 29 heavy (non-hydrogen) atoms. The lowest BCUT2D eigenvalue weighted by Gasteiger charge is -2.28. The van der Waals surface area contributed by atoms with Crippen LogP contribution in [0, 0.1) is 0 Å². The number of morpholine rings is 1. The molecule has 1 aromatic heterocycles. The Kier molecular flexibility index (Phi) is 5.58. The van der Waals surface area contributed by atoms with E-state index in [0.29, 0.717) is 30.1 Å². The summed E-state index contributed by atoms with van der Waals surface area (Å²) >= 11 is 0. The summed E-state index contributed by atoms with van der Waals surface area (Å²) in [5, 5.41) is 4.21. The number of para-hydroxylation sites is 1. The molecule has 5 nitrogen and oxygen atoms in total. The van der Waals surface area contributed by atoms with Crippen LogP contribution >= 0.6 is 0 Å². The summed E-state index contributed by atoms with van der Waals surface area (Å²) in [4.78, 5) is 15.3. The van der Waals surface area contributed by atoms with Crippen LogP contribution in [0.1, 0.15) is 43.9 Å². The van der Waals surface area contributed by atoms with E-state index < -0.39 is 0 Å². The average Bonchev–Trinajstić information content (AvgIpc) is 2.74. The average molecular weight is 392 g/mol. The first kappa shape index (κ1) is 19.5. The van der Waals surface area contributed by atoms with Gasteiger partial charge in [0.1, 0.15) is 5.58 Å². The van der Waals surface area contributed by atoms with Crippen LogP contribution in [0.2, 0.25) is 0 Å². The lowest BCUT2D eigenvalue weighted by molar-refractivity contribution is 0.121. The predicted molar refractivity (Wildman–Crippen MR) is 118 cm³/mol. The van der Waals surface area contributed by atoms with Crippen LogP contribution in [-0.2, 0) is 4.74 Å². The second-order valence-corrected chi connectivity index (χ2v) is 7.88. The van der Waals surface area contributed by atoms with Gasteiger partial charge in [0.2, 0.25) is 0 Å². The van der Waals surface area contributed by atoms with Crippen molar-refractivity contribution in [1.29, 1.82) is 0 Å². The Hall–Kier alpha value is -2.79. The van der Waals surface area contributed by atoms with Crippen molar-refractivity contribution < 1.29 is 9.15 Å². The summed E-state index contributed by atoms with van der Waals surface area (Å²) in [6.45, 7) is 9.05. The SMILES string of the molecule is CC(C)c1ccc(C(C)Nc2ccccc2)c2oc(N3CCOCC3)cc(=O)c12. The zero-order valence-electron chi connectivity index (χ0n) is 17.3. The van der Waals surface area contributed by atoms with Gasteiger partial charge < -0.3 is 19.4 Å². The van der Waals surface area contributed by atoms with Gasteiger partial charge in [-0.1, -0.05) is 44.2 Å². The van der Waals surface area contributed by atoms with Gasteiger partial charge >= 0.3 is 0 Å². The van der Waals surface area contributed by atoms with Crippen LogP contribution in [0.3, 0.4) is 0 Å². The predicted octanol–water partition coefficient (Wildman–Crippen LogP) is 4.93. The molecule has 0 amide bonds. The second-order valence-electron chi connectivity index (χ2n) is 7.88. The molecule has 1 aliphatic heterocycles. The standard InChI is InChI=1S/C24H28N2O3/c1-16(2)19-9-10-20(17(3)25-18-7-5-4-6-8-18)24-23(19)21(27)15-22(29-24)26-11-13-28-14-12-26/h4-10,15-17,25H,11-14H2,1-3H3. The Morgan fingerprint density at radius 3 is 2.34 bits per heavy atom. The zero-order valence-corrected chi connectivity index (χ0v) is 17.3. The molecule has 0 saturated carbocycles. The molecule has 2 heterocycles. The summed E-state index contributed by atoms with van der Waals surface area (Å²) in [6, 6.07) is 15.9. The van der Waals surface area contributed by atoms with E-state index in [-0.39, 0.29) is 17.4 Å². The van der Waals surface area contributed by atoms with Gasteiger partial charge in [-0.15, -0.1) is 0 Å². The fourth-order valence-corrected chi connectivity index (χ4v) is 3.92. The lowest BCUT2D eigenvalue weighted by atomic mass is 9.94.